The number of benzene rings is 3. The molecule has 0 saturated carbocycles. The van der Waals surface area contributed by atoms with Crippen LogP contribution in [0.25, 0.3) is 10.9 Å². The van der Waals surface area contributed by atoms with Crippen molar-refractivity contribution in [1.82, 2.24) is 9.47 Å². The summed E-state index contributed by atoms with van der Waals surface area (Å²) in [5.41, 5.74) is 7.30. The molecule has 0 aliphatic carbocycles. The predicted octanol–water partition coefficient (Wildman–Crippen LogP) is 6.68. The van der Waals surface area contributed by atoms with E-state index in [0.717, 1.165) is 30.4 Å². The van der Waals surface area contributed by atoms with Crippen LogP contribution in [0.4, 0.5) is 5.69 Å². The van der Waals surface area contributed by atoms with Crippen LogP contribution in [0.2, 0.25) is 0 Å². The molecule has 0 aliphatic heterocycles. The Bertz CT molecular complexity index is 1170. The number of fused-ring (bicyclic) bond motifs is 1. The van der Waals surface area contributed by atoms with Gasteiger partial charge in [-0.15, -0.1) is 0 Å². The highest BCUT2D eigenvalue weighted by atomic mass is 32.1. The molecule has 158 valence electrons. The largest absolute Gasteiger partial charge is 0.347 e. The van der Waals surface area contributed by atoms with Crippen molar-refractivity contribution in [3.05, 3.63) is 101 Å². The fraction of sp³-hybridized carbons (Fsp3) is 0.222. The van der Waals surface area contributed by atoms with Crippen LogP contribution in [0, 0.1) is 13.8 Å². The van der Waals surface area contributed by atoms with E-state index in [2.05, 4.69) is 115 Å². The Balaban J connectivity index is 1.65. The molecule has 4 heteroatoms. The van der Waals surface area contributed by atoms with Crippen LogP contribution in [0.5, 0.6) is 0 Å². The standard InChI is InChI=1S/C27H29N3S/c1-4-29-18-23(25-12-8-9-13-26(25)29)19-30(17-22-10-6-5-7-11-22)27(31)28-24-15-20(2)14-21(3)16-24/h5-16,18H,4,17,19H2,1-3H3,(H,28,31). The third-order valence-electron chi connectivity index (χ3n) is 5.55. The van der Waals surface area contributed by atoms with Crippen LogP contribution in [-0.2, 0) is 19.6 Å². The third kappa shape index (κ3) is 4.97. The maximum Gasteiger partial charge on any atom is 0.174 e. The fourth-order valence-corrected chi connectivity index (χ4v) is 4.42. The number of aromatic nitrogens is 1. The lowest BCUT2D eigenvalue weighted by molar-refractivity contribution is 0.414. The molecule has 4 rings (SSSR count). The average Bonchev–Trinajstić information content (AvgIpc) is 3.11. The first-order valence-corrected chi connectivity index (χ1v) is 11.2. The van der Waals surface area contributed by atoms with Gasteiger partial charge in [-0.25, -0.2) is 0 Å². The van der Waals surface area contributed by atoms with E-state index in [-0.39, 0.29) is 0 Å². The zero-order valence-corrected chi connectivity index (χ0v) is 19.2. The van der Waals surface area contributed by atoms with Gasteiger partial charge in [0.15, 0.2) is 5.11 Å². The molecule has 0 aliphatic rings. The summed E-state index contributed by atoms with van der Waals surface area (Å²) in [6, 6.07) is 25.6. The summed E-state index contributed by atoms with van der Waals surface area (Å²) in [4.78, 5) is 2.25. The van der Waals surface area contributed by atoms with Crippen molar-refractivity contribution in [3.8, 4) is 0 Å². The van der Waals surface area contributed by atoms with E-state index in [4.69, 9.17) is 12.2 Å². The molecular weight excluding hydrogens is 398 g/mol. The van der Waals surface area contributed by atoms with Crippen molar-refractivity contribution < 1.29 is 0 Å². The lowest BCUT2D eigenvalue weighted by Crippen LogP contribution is -2.33. The molecule has 4 aromatic rings. The van der Waals surface area contributed by atoms with Crippen LogP contribution >= 0.6 is 12.2 Å². The van der Waals surface area contributed by atoms with Crippen molar-refractivity contribution in [1.29, 1.82) is 0 Å². The summed E-state index contributed by atoms with van der Waals surface area (Å²) >= 11 is 5.91. The molecule has 1 aromatic heterocycles. The van der Waals surface area contributed by atoms with E-state index in [1.807, 2.05) is 0 Å². The number of hydrogen-bond donors (Lipinski definition) is 1. The van der Waals surface area contributed by atoms with Crippen LogP contribution in [-0.4, -0.2) is 14.6 Å². The van der Waals surface area contributed by atoms with Crippen molar-refractivity contribution >= 4 is 33.9 Å². The molecule has 3 nitrogen and oxygen atoms in total. The Morgan fingerprint density at radius 1 is 0.903 bits per heavy atom. The van der Waals surface area contributed by atoms with Crippen molar-refractivity contribution in [2.24, 2.45) is 0 Å². The fourth-order valence-electron chi connectivity index (χ4n) is 4.17. The van der Waals surface area contributed by atoms with Crippen molar-refractivity contribution in [3.63, 3.8) is 0 Å². The predicted molar refractivity (Wildman–Crippen MR) is 135 cm³/mol. The van der Waals surface area contributed by atoms with E-state index in [0.29, 0.717) is 0 Å². The van der Waals surface area contributed by atoms with Gasteiger partial charge in [0.25, 0.3) is 0 Å². The van der Waals surface area contributed by atoms with E-state index < -0.39 is 0 Å². The zero-order chi connectivity index (χ0) is 21.8. The molecule has 3 aromatic carbocycles. The molecule has 0 fully saturated rings. The number of nitrogens with one attached hydrogen (secondary N) is 1. The Labute approximate surface area is 190 Å². The number of thiocarbonyl (C=S) groups is 1. The number of nitrogens with zero attached hydrogens (tertiary/aromatic N) is 2. The maximum absolute atomic E-state index is 5.91. The molecule has 0 amide bonds. The van der Waals surface area contributed by atoms with E-state index in [9.17, 15) is 0 Å². The number of para-hydroxylation sites is 1. The Kier molecular flexibility index (Phi) is 6.38. The molecule has 0 radical (unpaired) electrons. The van der Waals surface area contributed by atoms with E-state index in [1.54, 1.807) is 0 Å². The topological polar surface area (TPSA) is 20.2 Å². The first-order valence-electron chi connectivity index (χ1n) is 10.8. The highest BCUT2D eigenvalue weighted by Gasteiger charge is 2.16. The van der Waals surface area contributed by atoms with Crippen LogP contribution in [0.3, 0.4) is 0 Å². The molecule has 0 atom stereocenters. The van der Waals surface area contributed by atoms with Gasteiger partial charge in [0.05, 0.1) is 0 Å². The van der Waals surface area contributed by atoms with Crippen LogP contribution in [0.1, 0.15) is 29.2 Å². The minimum absolute atomic E-state index is 0.738. The normalized spacial score (nSPS) is 10.9. The summed E-state index contributed by atoms with van der Waals surface area (Å²) in [6.07, 6.45) is 2.27. The van der Waals surface area contributed by atoms with Gasteiger partial charge in [-0.05, 0) is 73.4 Å². The molecular formula is C27H29N3S. The Morgan fingerprint density at radius 3 is 2.29 bits per heavy atom. The van der Waals surface area contributed by atoms with Crippen molar-refractivity contribution in [2.45, 2.75) is 40.4 Å². The number of anilines is 1. The second-order valence-electron chi connectivity index (χ2n) is 8.11. The first kappa shape index (κ1) is 21.1. The molecule has 0 saturated heterocycles. The molecule has 1 N–H and O–H groups in total. The zero-order valence-electron chi connectivity index (χ0n) is 18.4. The Morgan fingerprint density at radius 2 is 1.58 bits per heavy atom. The lowest BCUT2D eigenvalue weighted by Gasteiger charge is -2.26. The van der Waals surface area contributed by atoms with Crippen molar-refractivity contribution in [2.75, 3.05) is 5.32 Å². The summed E-state index contributed by atoms with van der Waals surface area (Å²) in [5, 5.41) is 5.51. The Hall–Kier alpha value is -3.11. The van der Waals surface area contributed by atoms with Gasteiger partial charge in [-0.3, -0.25) is 0 Å². The molecule has 1 heterocycles. The van der Waals surface area contributed by atoms with Gasteiger partial charge in [0.2, 0.25) is 0 Å². The molecule has 0 bridgehead atoms. The molecule has 31 heavy (non-hydrogen) atoms. The number of rotatable bonds is 6. The summed E-state index contributed by atoms with van der Waals surface area (Å²) < 4.78 is 2.31. The van der Waals surface area contributed by atoms with Gasteiger partial charge in [0.1, 0.15) is 0 Å². The van der Waals surface area contributed by atoms with Crippen LogP contribution in [0.15, 0.2) is 79.0 Å². The minimum atomic E-state index is 0.738. The van der Waals surface area contributed by atoms with Gasteiger partial charge < -0.3 is 14.8 Å². The highest BCUT2D eigenvalue weighted by Crippen LogP contribution is 2.24. The van der Waals surface area contributed by atoms with Gasteiger partial charge in [-0.2, -0.15) is 0 Å². The van der Waals surface area contributed by atoms with Gasteiger partial charge in [0, 0.05) is 42.4 Å². The highest BCUT2D eigenvalue weighted by molar-refractivity contribution is 7.80. The number of hydrogen-bond acceptors (Lipinski definition) is 1. The lowest BCUT2D eigenvalue weighted by atomic mass is 10.1. The average molecular weight is 428 g/mol. The minimum Gasteiger partial charge on any atom is -0.347 e. The summed E-state index contributed by atoms with van der Waals surface area (Å²) in [7, 11) is 0. The van der Waals surface area contributed by atoms with Gasteiger partial charge >= 0.3 is 0 Å². The maximum atomic E-state index is 5.91. The van der Waals surface area contributed by atoms with E-state index >= 15 is 0 Å². The quantitative estimate of drug-likeness (QED) is 0.347. The second kappa shape index (κ2) is 9.36. The second-order valence-corrected chi connectivity index (χ2v) is 8.49. The monoisotopic (exact) mass is 427 g/mol. The molecule has 0 unspecified atom stereocenters. The van der Waals surface area contributed by atoms with Crippen LogP contribution < -0.4 is 5.32 Å². The smallest absolute Gasteiger partial charge is 0.174 e. The van der Waals surface area contributed by atoms with E-state index in [1.165, 1.54) is 33.2 Å². The molecule has 0 spiro atoms. The first-order chi connectivity index (χ1) is 15.0. The third-order valence-corrected chi connectivity index (χ3v) is 5.91. The summed E-state index contributed by atoms with van der Waals surface area (Å²) in [5.74, 6) is 0. The summed E-state index contributed by atoms with van der Waals surface area (Å²) in [6.45, 7) is 8.86. The SMILES string of the molecule is CCn1cc(CN(Cc2ccccc2)C(=S)Nc2cc(C)cc(C)c2)c2ccccc21. The van der Waals surface area contributed by atoms with Gasteiger partial charge in [-0.1, -0.05) is 54.6 Å². The number of aryl methyl sites for hydroxylation is 3.